The maximum absolute atomic E-state index is 12.1. The van der Waals surface area contributed by atoms with Crippen molar-refractivity contribution in [3.63, 3.8) is 0 Å². The Morgan fingerprint density at radius 1 is 1.22 bits per heavy atom. The third-order valence-corrected chi connectivity index (χ3v) is 3.64. The third-order valence-electron chi connectivity index (χ3n) is 3.64. The summed E-state index contributed by atoms with van der Waals surface area (Å²) in [5.74, 6) is -0.855. The number of carboxylic acid groups (broad SMARTS) is 1. The monoisotopic (exact) mass is 255 g/mol. The van der Waals surface area contributed by atoms with E-state index in [9.17, 15) is 14.7 Å². The first kappa shape index (κ1) is 15.0. The van der Waals surface area contributed by atoms with Crippen molar-refractivity contribution in [1.82, 2.24) is 4.90 Å². The summed E-state index contributed by atoms with van der Waals surface area (Å²) < 4.78 is 0. The number of aliphatic carboxylic acids is 1. The van der Waals surface area contributed by atoms with Crippen LogP contribution in [0.15, 0.2) is 0 Å². The van der Waals surface area contributed by atoms with Crippen molar-refractivity contribution in [1.29, 1.82) is 0 Å². The molecule has 0 unspecified atom stereocenters. The van der Waals surface area contributed by atoms with Gasteiger partial charge in [-0.2, -0.15) is 0 Å². The zero-order valence-corrected chi connectivity index (χ0v) is 12.0. The van der Waals surface area contributed by atoms with Crippen LogP contribution in [0, 0.1) is 10.8 Å². The molecule has 0 radical (unpaired) electrons. The highest BCUT2D eigenvalue weighted by Crippen LogP contribution is 2.41. The number of nitrogens with zero attached hydrogens (tertiary/aromatic N) is 1. The maximum atomic E-state index is 12.1. The molecule has 1 aliphatic rings. The minimum Gasteiger partial charge on any atom is -0.481 e. The Bertz CT molecular complexity index is 324. The van der Waals surface area contributed by atoms with Crippen LogP contribution in [-0.2, 0) is 9.59 Å². The average Bonchev–Trinajstić information content (AvgIpc) is 2.64. The number of carbonyl (C=O) groups excluding carboxylic acids is 1. The molecule has 0 bridgehead atoms. The van der Waals surface area contributed by atoms with Crippen molar-refractivity contribution in [2.45, 2.75) is 52.9 Å². The first-order chi connectivity index (χ1) is 8.16. The van der Waals surface area contributed by atoms with Gasteiger partial charge in [-0.05, 0) is 18.3 Å². The predicted molar refractivity (Wildman–Crippen MR) is 70.2 cm³/mol. The zero-order valence-electron chi connectivity index (χ0n) is 12.0. The molecule has 104 valence electrons. The van der Waals surface area contributed by atoms with Crippen molar-refractivity contribution in [3.05, 3.63) is 0 Å². The lowest BCUT2D eigenvalue weighted by Gasteiger charge is -2.30. The van der Waals surface area contributed by atoms with E-state index in [4.69, 9.17) is 0 Å². The van der Waals surface area contributed by atoms with Gasteiger partial charge in [0.15, 0.2) is 0 Å². The van der Waals surface area contributed by atoms with Crippen LogP contribution >= 0.6 is 0 Å². The Morgan fingerprint density at radius 3 is 2.11 bits per heavy atom. The van der Waals surface area contributed by atoms with Crippen LogP contribution in [0.3, 0.4) is 0 Å². The fraction of sp³-hybridized carbons (Fsp3) is 0.857. The van der Waals surface area contributed by atoms with E-state index in [1.165, 1.54) is 0 Å². The summed E-state index contributed by atoms with van der Waals surface area (Å²) in [6.07, 6.45) is 3.26. The SMILES string of the molecule is CN(CC(C)(C)C)C(=O)CC1(C(=O)O)CCCC1. The van der Waals surface area contributed by atoms with Gasteiger partial charge in [0.1, 0.15) is 0 Å². The summed E-state index contributed by atoms with van der Waals surface area (Å²) in [5, 5.41) is 9.36. The van der Waals surface area contributed by atoms with Gasteiger partial charge in [-0.25, -0.2) is 0 Å². The molecular formula is C14H25NO3. The van der Waals surface area contributed by atoms with Gasteiger partial charge in [-0.1, -0.05) is 33.6 Å². The third kappa shape index (κ3) is 3.72. The molecule has 1 amide bonds. The predicted octanol–water partition coefficient (Wildman–Crippen LogP) is 2.53. The van der Waals surface area contributed by atoms with E-state index in [0.717, 1.165) is 12.8 Å². The quantitative estimate of drug-likeness (QED) is 0.839. The summed E-state index contributed by atoms with van der Waals surface area (Å²) in [5.41, 5.74) is -0.764. The van der Waals surface area contributed by atoms with E-state index >= 15 is 0 Å². The van der Waals surface area contributed by atoms with Gasteiger partial charge in [-0.3, -0.25) is 9.59 Å². The Morgan fingerprint density at radius 2 is 1.72 bits per heavy atom. The molecule has 0 aromatic carbocycles. The second kappa shape index (κ2) is 5.29. The Kier molecular flexibility index (Phi) is 4.41. The first-order valence-corrected chi connectivity index (χ1v) is 6.64. The number of hydrogen-bond acceptors (Lipinski definition) is 2. The lowest BCUT2D eigenvalue weighted by atomic mass is 9.82. The van der Waals surface area contributed by atoms with Crippen LogP contribution in [0.1, 0.15) is 52.9 Å². The number of amides is 1. The number of hydrogen-bond donors (Lipinski definition) is 1. The fourth-order valence-electron chi connectivity index (χ4n) is 2.74. The van der Waals surface area contributed by atoms with Crippen molar-refractivity contribution < 1.29 is 14.7 Å². The van der Waals surface area contributed by atoms with Crippen LogP contribution in [0.25, 0.3) is 0 Å². The molecule has 1 rings (SSSR count). The summed E-state index contributed by atoms with van der Waals surface area (Å²) >= 11 is 0. The molecule has 18 heavy (non-hydrogen) atoms. The minimum absolute atomic E-state index is 0.0382. The zero-order chi connectivity index (χ0) is 14.0. The molecule has 4 heteroatoms. The van der Waals surface area contributed by atoms with Crippen LogP contribution in [-0.4, -0.2) is 35.5 Å². The molecule has 1 fully saturated rings. The van der Waals surface area contributed by atoms with Gasteiger partial charge in [0, 0.05) is 20.0 Å². The normalized spacial score (nSPS) is 18.7. The molecule has 0 saturated heterocycles. The Labute approximate surface area is 109 Å². The molecular weight excluding hydrogens is 230 g/mol. The van der Waals surface area contributed by atoms with E-state index in [1.54, 1.807) is 11.9 Å². The number of rotatable bonds is 4. The standard InChI is InChI=1S/C14H25NO3/c1-13(2,3)10-15(4)11(16)9-14(12(17)18)7-5-6-8-14/h5-10H2,1-4H3,(H,17,18). The van der Waals surface area contributed by atoms with E-state index in [-0.39, 0.29) is 17.7 Å². The Balaban J connectivity index is 2.65. The van der Waals surface area contributed by atoms with Gasteiger partial charge in [0.05, 0.1) is 5.41 Å². The maximum Gasteiger partial charge on any atom is 0.310 e. The van der Waals surface area contributed by atoms with Crippen molar-refractivity contribution in [3.8, 4) is 0 Å². The van der Waals surface area contributed by atoms with Crippen molar-refractivity contribution >= 4 is 11.9 Å². The lowest BCUT2D eigenvalue weighted by molar-refractivity contribution is -0.153. The lowest BCUT2D eigenvalue weighted by Crippen LogP contribution is -2.39. The highest BCUT2D eigenvalue weighted by molar-refractivity contribution is 5.85. The molecule has 4 nitrogen and oxygen atoms in total. The second-order valence-corrected chi connectivity index (χ2v) is 6.78. The first-order valence-electron chi connectivity index (χ1n) is 6.64. The van der Waals surface area contributed by atoms with Gasteiger partial charge < -0.3 is 10.0 Å². The van der Waals surface area contributed by atoms with Crippen LogP contribution in [0.4, 0.5) is 0 Å². The fourth-order valence-corrected chi connectivity index (χ4v) is 2.74. The van der Waals surface area contributed by atoms with Crippen LogP contribution in [0.2, 0.25) is 0 Å². The largest absolute Gasteiger partial charge is 0.481 e. The smallest absolute Gasteiger partial charge is 0.310 e. The molecule has 0 aromatic heterocycles. The van der Waals surface area contributed by atoms with Crippen LogP contribution in [0.5, 0.6) is 0 Å². The van der Waals surface area contributed by atoms with Gasteiger partial charge in [0.25, 0.3) is 0 Å². The van der Waals surface area contributed by atoms with Gasteiger partial charge >= 0.3 is 5.97 Å². The highest BCUT2D eigenvalue weighted by Gasteiger charge is 2.43. The molecule has 1 N–H and O–H groups in total. The molecule has 0 aromatic rings. The molecule has 0 aliphatic heterocycles. The van der Waals surface area contributed by atoms with Crippen molar-refractivity contribution in [2.24, 2.45) is 10.8 Å². The van der Waals surface area contributed by atoms with Crippen LogP contribution < -0.4 is 0 Å². The average molecular weight is 255 g/mol. The summed E-state index contributed by atoms with van der Waals surface area (Å²) in [4.78, 5) is 25.2. The molecule has 0 atom stereocenters. The summed E-state index contributed by atoms with van der Waals surface area (Å²) in [7, 11) is 1.76. The van der Waals surface area contributed by atoms with Gasteiger partial charge in [-0.15, -0.1) is 0 Å². The number of carboxylic acids is 1. The molecule has 1 aliphatic carbocycles. The van der Waals surface area contributed by atoms with Gasteiger partial charge in [0.2, 0.25) is 5.91 Å². The van der Waals surface area contributed by atoms with Crippen molar-refractivity contribution in [2.75, 3.05) is 13.6 Å². The number of carbonyl (C=O) groups is 2. The van der Waals surface area contributed by atoms with E-state index in [0.29, 0.717) is 19.4 Å². The van der Waals surface area contributed by atoms with E-state index in [1.807, 2.05) is 0 Å². The molecule has 1 saturated carbocycles. The van der Waals surface area contributed by atoms with E-state index < -0.39 is 11.4 Å². The minimum atomic E-state index is -0.808. The Hall–Kier alpha value is -1.06. The summed E-state index contributed by atoms with van der Waals surface area (Å²) in [6, 6.07) is 0. The topological polar surface area (TPSA) is 57.6 Å². The second-order valence-electron chi connectivity index (χ2n) is 6.78. The van der Waals surface area contributed by atoms with E-state index in [2.05, 4.69) is 20.8 Å². The highest BCUT2D eigenvalue weighted by atomic mass is 16.4. The summed E-state index contributed by atoms with van der Waals surface area (Å²) in [6.45, 7) is 6.86. The molecule has 0 heterocycles. The molecule has 0 spiro atoms.